The Morgan fingerprint density at radius 2 is 1.04 bits per heavy atom. The van der Waals surface area contributed by atoms with Gasteiger partial charge in [-0.2, -0.15) is 0 Å². The van der Waals surface area contributed by atoms with E-state index in [-0.39, 0.29) is 0 Å². The van der Waals surface area contributed by atoms with Gasteiger partial charge in [-0.15, -0.1) is 0 Å². The molecule has 4 nitrogen and oxygen atoms in total. The van der Waals surface area contributed by atoms with E-state index in [2.05, 4.69) is 10.9 Å². The molecule has 0 unspecified atom stereocenters. The third-order valence-electron chi connectivity index (χ3n) is 3.05. The highest BCUT2D eigenvalue weighted by Crippen LogP contribution is 2.23. The molecule has 0 aliphatic carbocycles. The minimum atomic E-state index is -0.507. The van der Waals surface area contributed by atoms with Gasteiger partial charge in [0.25, 0.3) is 11.8 Å². The van der Waals surface area contributed by atoms with E-state index in [1.165, 1.54) is 24.3 Å². The Balaban J connectivity index is 1.85. The van der Waals surface area contributed by atoms with Crippen molar-refractivity contribution in [3.63, 3.8) is 0 Å². The van der Waals surface area contributed by atoms with Crippen LogP contribution in [-0.2, 0) is 9.59 Å². The summed E-state index contributed by atoms with van der Waals surface area (Å²) in [5.41, 5.74) is 5.89. The number of hydrazine groups is 1. The normalized spacial score (nSPS) is 11.1. The minimum absolute atomic E-state index is 0.384. The van der Waals surface area contributed by atoms with Gasteiger partial charge < -0.3 is 0 Å². The zero-order valence-electron chi connectivity index (χ0n) is 13.1. The average Bonchev–Trinajstić information content (AvgIpc) is 2.62. The molecule has 0 heterocycles. The number of carbonyl (C=O) groups is 2. The Bertz CT molecular complexity index is 821. The molecule has 2 aromatic carbocycles. The SMILES string of the molecule is O=C(/C=C/c1ccc(Cl)c(Cl)c1)NNC(=O)/C=C/c1ccc(Cl)c(Cl)c1. The zero-order chi connectivity index (χ0) is 19.1. The van der Waals surface area contributed by atoms with Crippen LogP contribution < -0.4 is 10.9 Å². The molecular weight excluding hydrogens is 418 g/mol. The number of hydrogen-bond acceptors (Lipinski definition) is 2. The van der Waals surface area contributed by atoms with Crippen LogP contribution >= 0.6 is 46.4 Å². The van der Waals surface area contributed by atoms with Gasteiger partial charge in [-0.25, -0.2) is 0 Å². The zero-order valence-corrected chi connectivity index (χ0v) is 16.1. The molecule has 0 spiro atoms. The first-order valence-electron chi connectivity index (χ1n) is 7.21. The van der Waals surface area contributed by atoms with E-state index in [0.717, 1.165) is 0 Å². The van der Waals surface area contributed by atoms with Crippen molar-refractivity contribution in [3.8, 4) is 0 Å². The van der Waals surface area contributed by atoms with Crippen LogP contribution in [0.3, 0.4) is 0 Å². The van der Waals surface area contributed by atoms with Gasteiger partial charge in [0, 0.05) is 12.2 Å². The predicted molar refractivity (Wildman–Crippen MR) is 107 cm³/mol. The van der Waals surface area contributed by atoms with Crippen LogP contribution in [0.2, 0.25) is 20.1 Å². The maximum Gasteiger partial charge on any atom is 0.262 e. The highest BCUT2D eigenvalue weighted by Gasteiger charge is 2.01. The van der Waals surface area contributed by atoms with E-state index in [1.807, 2.05) is 0 Å². The summed E-state index contributed by atoms with van der Waals surface area (Å²) < 4.78 is 0. The van der Waals surface area contributed by atoms with E-state index in [9.17, 15) is 9.59 Å². The van der Waals surface area contributed by atoms with Crippen molar-refractivity contribution in [3.05, 3.63) is 79.8 Å². The van der Waals surface area contributed by atoms with Gasteiger partial charge in [0.1, 0.15) is 0 Å². The fourth-order valence-corrected chi connectivity index (χ4v) is 2.40. The first kappa shape index (κ1) is 20.3. The highest BCUT2D eigenvalue weighted by atomic mass is 35.5. The van der Waals surface area contributed by atoms with E-state index in [1.54, 1.807) is 36.4 Å². The smallest absolute Gasteiger partial charge is 0.262 e. The van der Waals surface area contributed by atoms with Gasteiger partial charge in [0.05, 0.1) is 20.1 Å². The lowest BCUT2D eigenvalue weighted by Crippen LogP contribution is -2.39. The van der Waals surface area contributed by atoms with Gasteiger partial charge in [-0.05, 0) is 47.5 Å². The van der Waals surface area contributed by atoms with Crippen molar-refractivity contribution in [1.29, 1.82) is 0 Å². The lowest BCUT2D eigenvalue weighted by Gasteiger charge is -2.02. The van der Waals surface area contributed by atoms with Gasteiger partial charge in [0.15, 0.2) is 0 Å². The van der Waals surface area contributed by atoms with Crippen molar-refractivity contribution >= 4 is 70.4 Å². The monoisotopic (exact) mass is 428 g/mol. The van der Waals surface area contributed by atoms with E-state index in [4.69, 9.17) is 46.4 Å². The number of benzene rings is 2. The molecule has 0 aromatic heterocycles. The average molecular weight is 430 g/mol. The molecule has 0 aliphatic rings. The molecule has 8 heteroatoms. The number of halogens is 4. The summed E-state index contributed by atoms with van der Waals surface area (Å²) in [5.74, 6) is -1.01. The van der Waals surface area contributed by atoms with Crippen LogP contribution in [0.5, 0.6) is 0 Å². The number of hydrogen-bond donors (Lipinski definition) is 2. The van der Waals surface area contributed by atoms with Crippen LogP contribution in [0.4, 0.5) is 0 Å². The highest BCUT2D eigenvalue weighted by molar-refractivity contribution is 6.42. The molecule has 0 atom stereocenters. The summed E-state index contributed by atoms with van der Waals surface area (Å²) in [7, 11) is 0. The lowest BCUT2D eigenvalue weighted by atomic mass is 10.2. The molecule has 0 aliphatic heterocycles. The summed E-state index contributed by atoms with van der Waals surface area (Å²) in [4.78, 5) is 23.4. The Kier molecular flexibility index (Phi) is 7.54. The van der Waals surface area contributed by atoms with E-state index in [0.29, 0.717) is 31.2 Å². The van der Waals surface area contributed by atoms with Crippen LogP contribution in [-0.4, -0.2) is 11.8 Å². The lowest BCUT2D eigenvalue weighted by molar-refractivity contribution is -0.123. The van der Waals surface area contributed by atoms with Gasteiger partial charge in [0.2, 0.25) is 0 Å². The number of amides is 2. The Morgan fingerprint density at radius 1 is 0.654 bits per heavy atom. The molecule has 26 heavy (non-hydrogen) atoms. The Labute approximate surface area is 170 Å². The van der Waals surface area contributed by atoms with Gasteiger partial charge in [-0.3, -0.25) is 20.4 Å². The maximum absolute atomic E-state index is 11.7. The maximum atomic E-state index is 11.7. The molecule has 0 bridgehead atoms. The van der Waals surface area contributed by atoms with Crippen LogP contribution in [0.15, 0.2) is 48.6 Å². The van der Waals surface area contributed by atoms with Crippen molar-refractivity contribution in [2.24, 2.45) is 0 Å². The van der Waals surface area contributed by atoms with Gasteiger partial charge >= 0.3 is 0 Å². The predicted octanol–water partition coefficient (Wildman–Crippen LogP) is 5.17. The molecule has 2 amide bonds. The molecule has 0 saturated carbocycles. The second-order valence-electron chi connectivity index (χ2n) is 4.99. The van der Waals surface area contributed by atoms with E-state index < -0.39 is 11.8 Å². The topological polar surface area (TPSA) is 58.2 Å². The molecule has 134 valence electrons. The second-order valence-corrected chi connectivity index (χ2v) is 6.62. The molecule has 2 rings (SSSR count). The Morgan fingerprint density at radius 3 is 1.38 bits per heavy atom. The summed E-state index contributed by atoms with van der Waals surface area (Å²) >= 11 is 23.4. The number of rotatable bonds is 4. The van der Waals surface area contributed by atoms with Crippen LogP contribution in [0.1, 0.15) is 11.1 Å². The number of nitrogens with one attached hydrogen (secondary N) is 2. The van der Waals surface area contributed by atoms with Crippen LogP contribution in [0, 0.1) is 0 Å². The van der Waals surface area contributed by atoms with Crippen molar-refractivity contribution < 1.29 is 9.59 Å². The molecule has 0 saturated heterocycles. The van der Waals surface area contributed by atoms with Crippen molar-refractivity contribution in [2.75, 3.05) is 0 Å². The molecular formula is C18H12Cl4N2O2. The van der Waals surface area contributed by atoms with Crippen molar-refractivity contribution in [2.45, 2.75) is 0 Å². The fourth-order valence-electron chi connectivity index (χ4n) is 1.78. The molecule has 2 N–H and O–H groups in total. The standard InChI is InChI=1S/C18H12Cl4N2O2/c19-13-5-1-11(9-15(13)21)3-7-17(25)23-24-18(26)8-4-12-2-6-14(20)16(22)10-12/h1-10H,(H,23,25)(H,24,26)/b7-3+,8-4+. The summed E-state index contributed by atoms with van der Waals surface area (Å²) in [6.07, 6.45) is 5.58. The van der Waals surface area contributed by atoms with E-state index >= 15 is 0 Å². The van der Waals surface area contributed by atoms with Crippen LogP contribution in [0.25, 0.3) is 12.2 Å². The number of carbonyl (C=O) groups excluding carboxylic acids is 2. The second kappa shape index (κ2) is 9.64. The largest absolute Gasteiger partial charge is 0.268 e. The Hall–Kier alpha value is -1.98. The quantitative estimate of drug-likeness (QED) is 0.520. The fraction of sp³-hybridized carbons (Fsp3) is 0. The third-order valence-corrected chi connectivity index (χ3v) is 4.53. The molecule has 0 radical (unpaired) electrons. The third kappa shape index (κ3) is 6.39. The molecule has 0 fully saturated rings. The van der Waals surface area contributed by atoms with Gasteiger partial charge in [-0.1, -0.05) is 58.5 Å². The first-order chi connectivity index (χ1) is 12.3. The molecule has 2 aromatic rings. The minimum Gasteiger partial charge on any atom is -0.268 e. The summed E-state index contributed by atoms with van der Waals surface area (Å²) in [6, 6.07) is 9.89. The summed E-state index contributed by atoms with van der Waals surface area (Å²) in [5, 5.41) is 1.62. The van der Waals surface area contributed by atoms with Crippen molar-refractivity contribution in [1.82, 2.24) is 10.9 Å². The summed E-state index contributed by atoms with van der Waals surface area (Å²) in [6.45, 7) is 0. The first-order valence-corrected chi connectivity index (χ1v) is 8.72.